The highest BCUT2D eigenvalue weighted by Crippen LogP contribution is 2.37. The molecule has 0 unspecified atom stereocenters. The first-order valence-corrected chi connectivity index (χ1v) is 10.6. The molecular weight excluding hydrogens is 364 g/mol. The third kappa shape index (κ3) is 3.84. The summed E-state index contributed by atoms with van der Waals surface area (Å²) in [6, 6.07) is 7.45. The molecule has 2 aliphatic rings. The predicted octanol–water partition coefficient (Wildman–Crippen LogP) is 1.49. The number of amides is 1. The van der Waals surface area contributed by atoms with Crippen LogP contribution >= 0.6 is 11.6 Å². The number of nitrogens with zero attached hydrogens (tertiary/aromatic N) is 2. The van der Waals surface area contributed by atoms with Crippen molar-refractivity contribution in [2.75, 3.05) is 45.6 Å². The van der Waals surface area contributed by atoms with Crippen LogP contribution in [0, 0.1) is 0 Å². The van der Waals surface area contributed by atoms with Gasteiger partial charge in [0.25, 0.3) is 0 Å². The van der Waals surface area contributed by atoms with Crippen LogP contribution in [0.25, 0.3) is 0 Å². The summed E-state index contributed by atoms with van der Waals surface area (Å²) >= 11 is 6.00. The van der Waals surface area contributed by atoms with Gasteiger partial charge in [-0.3, -0.25) is 4.79 Å². The zero-order chi connectivity index (χ0) is 18.1. The average Bonchev–Trinajstić information content (AvgIpc) is 2.61. The summed E-state index contributed by atoms with van der Waals surface area (Å²) in [5.74, 6) is 0.0614. The van der Waals surface area contributed by atoms with Crippen molar-refractivity contribution in [2.45, 2.75) is 18.3 Å². The normalized spacial score (nSPS) is 21.9. The number of benzene rings is 1. The summed E-state index contributed by atoms with van der Waals surface area (Å²) in [6.07, 6.45) is 2.46. The highest BCUT2D eigenvalue weighted by Gasteiger charge is 2.44. The summed E-state index contributed by atoms with van der Waals surface area (Å²) in [4.78, 5) is 15.2. The number of carbonyl (C=O) groups excluding carboxylic acids is 1. The molecule has 0 N–H and O–H groups in total. The minimum atomic E-state index is -3.21. The number of hydrogen-bond donors (Lipinski definition) is 0. The second-order valence-electron chi connectivity index (χ2n) is 6.66. The fraction of sp³-hybridized carbons (Fsp3) is 0.588. The Morgan fingerprint density at radius 1 is 1.08 bits per heavy atom. The van der Waals surface area contributed by atoms with E-state index in [1.807, 2.05) is 24.3 Å². The van der Waals surface area contributed by atoms with Crippen molar-refractivity contribution in [3.63, 3.8) is 0 Å². The van der Waals surface area contributed by atoms with Crippen molar-refractivity contribution in [3.8, 4) is 0 Å². The summed E-state index contributed by atoms with van der Waals surface area (Å²) in [5, 5.41) is 0.639. The number of piperazine rings is 1. The molecule has 2 aliphatic heterocycles. The molecule has 1 amide bonds. The number of sulfonamides is 1. The molecule has 3 rings (SSSR count). The molecule has 6 nitrogen and oxygen atoms in total. The quantitative estimate of drug-likeness (QED) is 0.789. The summed E-state index contributed by atoms with van der Waals surface area (Å²) in [7, 11) is -3.21. The SMILES string of the molecule is CS(=O)(=O)N1CCN(C(=O)C2(c3ccc(Cl)cc3)CCOCC2)CC1. The zero-order valence-electron chi connectivity index (χ0n) is 14.3. The van der Waals surface area contributed by atoms with E-state index in [4.69, 9.17) is 16.3 Å². The van der Waals surface area contributed by atoms with E-state index in [9.17, 15) is 13.2 Å². The Kier molecular flexibility index (Phi) is 5.39. The van der Waals surface area contributed by atoms with E-state index < -0.39 is 15.4 Å². The lowest BCUT2D eigenvalue weighted by Gasteiger charge is -2.42. The van der Waals surface area contributed by atoms with Crippen molar-refractivity contribution in [2.24, 2.45) is 0 Å². The Morgan fingerprint density at radius 3 is 2.16 bits per heavy atom. The lowest BCUT2D eigenvalue weighted by atomic mass is 9.73. The van der Waals surface area contributed by atoms with E-state index in [-0.39, 0.29) is 5.91 Å². The maximum atomic E-state index is 13.4. The number of rotatable bonds is 3. The lowest BCUT2D eigenvalue weighted by Crippen LogP contribution is -2.56. The third-order valence-electron chi connectivity index (χ3n) is 5.15. The summed E-state index contributed by atoms with van der Waals surface area (Å²) < 4.78 is 30.3. The number of ether oxygens (including phenoxy) is 1. The largest absolute Gasteiger partial charge is 0.381 e. The van der Waals surface area contributed by atoms with Gasteiger partial charge in [-0.25, -0.2) is 8.42 Å². The van der Waals surface area contributed by atoms with Gasteiger partial charge in [0, 0.05) is 44.4 Å². The first-order chi connectivity index (χ1) is 11.8. The first-order valence-electron chi connectivity index (χ1n) is 8.41. The predicted molar refractivity (Wildman–Crippen MR) is 96.2 cm³/mol. The molecule has 0 aromatic heterocycles. The van der Waals surface area contributed by atoms with Crippen LogP contribution in [0.4, 0.5) is 0 Å². The lowest BCUT2D eigenvalue weighted by molar-refractivity contribution is -0.142. The van der Waals surface area contributed by atoms with Crippen LogP contribution in [-0.2, 0) is 25.0 Å². The standard InChI is InChI=1S/C17H23ClN2O4S/c1-25(22,23)20-10-8-19(9-11-20)16(21)17(6-12-24-13-7-17)14-2-4-15(18)5-3-14/h2-5H,6-13H2,1H3. The van der Waals surface area contributed by atoms with Crippen molar-refractivity contribution in [1.29, 1.82) is 0 Å². The fourth-order valence-corrected chi connectivity index (χ4v) is 4.59. The van der Waals surface area contributed by atoms with E-state index in [1.165, 1.54) is 10.6 Å². The molecule has 0 saturated carbocycles. The van der Waals surface area contributed by atoms with Gasteiger partial charge in [0.1, 0.15) is 0 Å². The molecule has 8 heteroatoms. The Hall–Kier alpha value is -1.15. The van der Waals surface area contributed by atoms with Crippen LogP contribution in [-0.4, -0.2) is 69.2 Å². The molecular formula is C17H23ClN2O4S. The van der Waals surface area contributed by atoms with Crippen molar-refractivity contribution in [3.05, 3.63) is 34.9 Å². The summed E-state index contributed by atoms with van der Waals surface area (Å²) in [6.45, 7) is 2.61. The van der Waals surface area contributed by atoms with Gasteiger partial charge >= 0.3 is 0 Å². The molecule has 0 aliphatic carbocycles. The summed E-state index contributed by atoms with van der Waals surface area (Å²) in [5.41, 5.74) is 0.339. The van der Waals surface area contributed by atoms with Gasteiger partial charge in [0.05, 0.1) is 11.7 Å². The molecule has 1 aromatic carbocycles. The molecule has 2 heterocycles. The van der Waals surface area contributed by atoms with Crippen molar-refractivity contribution < 1.29 is 17.9 Å². The highest BCUT2D eigenvalue weighted by atomic mass is 35.5. The molecule has 0 radical (unpaired) electrons. The molecule has 0 bridgehead atoms. The Labute approximate surface area is 153 Å². The molecule has 1 aromatic rings. The molecule has 2 fully saturated rings. The van der Waals surface area contributed by atoms with Crippen LogP contribution in [0.3, 0.4) is 0 Å². The van der Waals surface area contributed by atoms with Gasteiger partial charge in [0.2, 0.25) is 15.9 Å². The Balaban J connectivity index is 1.82. The van der Waals surface area contributed by atoms with Crippen LogP contribution in [0.15, 0.2) is 24.3 Å². The van der Waals surface area contributed by atoms with E-state index in [2.05, 4.69) is 0 Å². The Bertz CT molecular complexity index is 722. The smallest absolute Gasteiger partial charge is 0.233 e. The molecule has 2 saturated heterocycles. The molecule has 0 spiro atoms. The van der Waals surface area contributed by atoms with E-state index in [0.717, 1.165) is 5.56 Å². The maximum absolute atomic E-state index is 13.4. The van der Waals surface area contributed by atoms with E-state index in [1.54, 1.807) is 4.90 Å². The molecule has 25 heavy (non-hydrogen) atoms. The van der Waals surface area contributed by atoms with E-state index in [0.29, 0.717) is 57.3 Å². The third-order valence-corrected chi connectivity index (χ3v) is 6.70. The van der Waals surface area contributed by atoms with Crippen LogP contribution in [0.1, 0.15) is 18.4 Å². The second kappa shape index (κ2) is 7.23. The minimum absolute atomic E-state index is 0.0614. The number of carbonyl (C=O) groups is 1. The topological polar surface area (TPSA) is 66.9 Å². The second-order valence-corrected chi connectivity index (χ2v) is 9.07. The minimum Gasteiger partial charge on any atom is -0.381 e. The monoisotopic (exact) mass is 386 g/mol. The average molecular weight is 387 g/mol. The van der Waals surface area contributed by atoms with Gasteiger partial charge in [-0.05, 0) is 30.5 Å². The van der Waals surface area contributed by atoms with Crippen molar-refractivity contribution >= 4 is 27.5 Å². The van der Waals surface area contributed by atoms with Gasteiger partial charge in [-0.2, -0.15) is 4.31 Å². The van der Waals surface area contributed by atoms with E-state index >= 15 is 0 Å². The number of halogens is 1. The first kappa shape index (κ1) is 18.6. The Morgan fingerprint density at radius 2 is 1.64 bits per heavy atom. The van der Waals surface area contributed by atoms with Gasteiger partial charge in [-0.15, -0.1) is 0 Å². The van der Waals surface area contributed by atoms with Crippen molar-refractivity contribution in [1.82, 2.24) is 9.21 Å². The number of hydrogen-bond acceptors (Lipinski definition) is 4. The van der Waals surface area contributed by atoms with Crippen LogP contribution < -0.4 is 0 Å². The van der Waals surface area contributed by atoms with Crippen LogP contribution in [0.2, 0.25) is 5.02 Å². The van der Waals surface area contributed by atoms with Gasteiger partial charge in [0.15, 0.2) is 0 Å². The molecule has 0 atom stereocenters. The van der Waals surface area contributed by atoms with Gasteiger partial charge in [-0.1, -0.05) is 23.7 Å². The highest BCUT2D eigenvalue weighted by molar-refractivity contribution is 7.88. The maximum Gasteiger partial charge on any atom is 0.233 e. The molecule has 138 valence electrons. The van der Waals surface area contributed by atoms with Crippen LogP contribution in [0.5, 0.6) is 0 Å². The fourth-order valence-electron chi connectivity index (χ4n) is 3.64. The zero-order valence-corrected chi connectivity index (χ0v) is 15.9. The van der Waals surface area contributed by atoms with Gasteiger partial charge < -0.3 is 9.64 Å².